The smallest absolute Gasteiger partial charge is 0.293 e. The number of nitrogens with zero attached hydrogens (tertiary/aromatic N) is 4. The van der Waals surface area contributed by atoms with Crippen molar-refractivity contribution in [1.29, 1.82) is 0 Å². The fourth-order valence-electron chi connectivity index (χ4n) is 3.26. The van der Waals surface area contributed by atoms with Crippen LogP contribution in [0.15, 0.2) is 36.4 Å². The number of halogens is 1. The zero-order valence-corrected chi connectivity index (χ0v) is 16.4. The summed E-state index contributed by atoms with van der Waals surface area (Å²) in [5.74, 6) is -1.81. The lowest BCUT2D eigenvalue weighted by molar-refractivity contribution is -0.384. The summed E-state index contributed by atoms with van der Waals surface area (Å²) in [5, 5.41) is 24.7. The van der Waals surface area contributed by atoms with Gasteiger partial charge in [0.05, 0.1) is 15.5 Å². The lowest BCUT2D eigenvalue weighted by Crippen LogP contribution is -2.48. The minimum absolute atomic E-state index is 0.0745. The number of nitro groups is 2. The van der Waals surface area contributed by atoms with Gasteiger partial charge in [-0.1, -0.05) is 0 Å². The van der Waals surface area contributed by atoms with Crippen molar-refractivity contribution in [1.82, 2.24) is 4.90 Å². The molecule has 0 spiro atoms. The predicted octanol–water partition coefficient (Wildman–Crippen LogP) is 2.56. The van der Waals surface area contributed by atoms with Gasteiger partial charge in [-0.2, -0.15) is 0 Å². The van der Waals surface area contributed by atoms with Gasteiger partial charge in [-0.3, -0.25) is 29.8 Å². The minimum Gasteiger partial charge on any atom is -0.362 e. The van der Waals surface area contributed by atoms with Crippen molar-refractivity contribution < 1.29 is 23.8 Å². The average Bonchev–Trinajstić information content (AvgIpc) is 2.74. The number of nitro benzene ring substituents is 2. The Morgan fingerprint density at radius 2 is 1.68 bits per heavy atom. The Balaban J connectivity index is 1.83. The highest BCUT2D eigenvalue weighted by Gasteiger charge is 2.26. The van der Waals surface area contributed by atoms with E-state index in [0.29, 0.717) is 31.9 Å². The van der Waals surface area contributed by atoms with Gasteiger partial charge in [-0.05, 0) is 18.2 Å². The van der Waals surface area contributed by atoms with Crippen molar-refractivity contribution in [2.45, 2.75) is 6.92 Å². The first-order valence-electron chi connectivity index (χ1n) is 9.21. The van der Waals surface area contributed by atoms with Crippen LogP contribution in [0.3, 0.4) is 0 Å². The summed E-state index contributed by atoms with van der Waals surface area (Å²) in [4.78, 5) is 48.4. The zero-order valence-electron chi connectivity index (χ0n) is 16.4. The van der Waals surface area contributed by atoms with E-state index in [-0.39, 0.29) is 17.2 Å². The highest BCUT2D eigenvalue weighted by molar-refractivity contribution is 6.05. The van der Waals surface area contributed by atoms with Crippen LogP contribution in [-0.4, -0.2) is 52.7 Å². The Hall–Kier alpha value is -4.09. The van der Waals surface area contributed by atoms with Crippen molar-refractivity contribution in [3.63, 3.8) is 0 Å². The van der Waals surface area contributed by atoms with Crippen molar-refractivity contribution in [2.24, 2.45) is 0 Å². The van der Waals surface area contributed by atoms with Crippen molar-refractivity contribution in [3.05, 3.63) is 68.0 Å². The van der Waals surface area contributed by atoms with Crippen LogP contribution in [0.5, 0.6) is 0 Å². The first-order valence-corrected chi connectivity index (χ1v) is 9.21. The number of hydrogen-bond donors (Lipinski definition) is 1. The molecule has 0 atom stereocenters. The lowest BCUT2D eigenvalue weighted by Gasteiger charge is -2.35. The Kier molecular flexibility index (Phi) is 6.09. The second kappa shape index (κ2) is 8.73. The largest absolute Gasteiger partial charge is 0.362 e. The summed E-state index contributed by atoms with van der Waals surface area (Å²) >= 11 is 0. The van der Waals surface area contributed by atoms with E-state index in [2.05, 4.69) is 5.32 Å². The third-order valence-electron chi connectivity index (χ3n) is 4.91. The number of rotatable bonds is 5. The number of anilines is 2. The molecule has 1 saturated heterocycles. The summed E-state index contributed by atoms with van der Waals surface area (Å²) in [6.45, 7) is 3.08. The lowest BCUT2D eigenvalue weighted by atomic mass is 10.1. The van der Waals surface area contributed by atoms with Gasteiger partial charge in [0.25, 0.3) is 17.3 Å². The number of nitrogens with one attached hydrogen (secondary N) is 1. The van der Waals surface area contributed by atoms with E-state index in [1.165, 1.54) is 19.1 Å². The summed E-state index contributed by atoms with van der Waals surface area (Å²) in [6, 6.07) is 6.50. The minimum atomic E-state index is -0.881. The van der Waals surface area contributed by atoms with Crippen LogP contribution in [0, 0.1) is 26.0 Å². The Morgan fingerprint density at radius 1 is 1.00 bits per heavy atom. The summed E-state index contributed by atoms with van der Waals surface area (Å²) in [6.07, 6.45) is 0. The number of benzene rings is 2. The second-order valence-corrected chi connectivity index (χ2v) is 6.83. The number of piperazine rings is 1. The second-order valence-electron chi connectivity index (χ2n) is 6.83. The molecule has 2 aromatic carbocycles. The molecule has 0 aromatic heterocycles. The highest BCUT2D eigenvalue weighted by Crippen LogP contribution is 2.31. The first-order chi connectivity index (χ1) is 14.7. The Labute approximate surface area is 175 Å². The first kappa shape index (κ1) is 21.6. The van der Waals surface area contributed by atoms with Gasteiger partial charge in [-0.15, -0.1) is 0 Å². The number of carbonyl (C=O) groups excluding carboxylic acids is 2. The maximum Gasteiger partial charge on any atom is 0.293 e. The van der Waals surface area contributed by atoms with E-state index in [9.17, 15) is 34.2 Å². The van der Waals surface area contributed by atoms with Crippen LogP contribution in [-0.2, 0) is 4.79 Å². The van der Waals surface area contributed by atoms with Crippen LogP contribution >= 0.6 is 0 Å². The molecule has 12 heteroatoms. The van der Waals surface area contributed by atoms with Crippen LogP contribution < -0.4 is 10.2 Å². The zero-order chi connectivity index (χ0) is 22.7. The van der Waals surface area contributed by atoms with Crippen LogP contribution in [0.25, 0.3) is 0 Å². The molecular weight excluding hydrogens is 413 g/mol. The SMILES string of the molecule is CC(=O)N1CCN(c2ccc(C(=O)Nc3cc([N+](=O)[O-])ccc3F)cc2[N+](=O)[O-])CC1. The van der Waals surface area contributed by atoms with E-state index in [1.54, 1.807) is 9.80 Å². The van der Waals surface area contributed by atoms with Crippen molar-refractivity contribution in [2.75, 3.05) is 36.4 Å². The molecule has 0 radical (unpaired) electrons. The van der Waals surface area contributed by atoms with Gasteiger partial charge in [0, 0.05) is 56.9 Å². The molecule has 0 saturated carbocycles. The molecule has 0 unspecified atom stereocenters. The number of carbonyl (C=O) groups is 2. The fraction of sp³-hybridized carbons (Fsp3) is 0.263. The third-order valence-corrected chi connectivity index (χ3v) is 4.91. The van der Waals surface area contributed by atoms with Crippen molar-refractivity contribution in [3.8, 4) is 0 Å². The molecule has 1 fully saturated rings. The summed E-state index contributed by atoms with van der Waals surface area (Å²) in [7, 11) is 0. The molecule has 1 aliphatic heterocycles. The van der Waals surface area contributed by atoms with Gasteiger partial charge in [0.2, 0.25) is 5.91 Å². The third kappa shape index (κ3) is 4.74. The standard InChI is InChI=1S/C19H18FN5O6/c1-12(26)22-6-8-23(9-7-22)17-5-2-13(10-18(17)25(30)31)19(27)21-16-11-14(24(28)29)3-4-15(16)20/h2-5,10-11H,6-9H2,1H3,(H,21,27). The molecule has 0 bridgehead atoms. The molecule has 1 N–H and O–H groups in total. The maximum atomic E-state index is 13.9. The maximum absolute atomic E-state index is 13.9. The van der Waals surface area contributed by atoms with E-state index >= 15 is 0 Å². The van der Waals surface area contributed by atoms with Crippen LogP contribution in [0.4, 0.5) is 27.1 Å². The Morgan fingerprint density at radius 3 is 2.26 bits per heavy atom. The molecule has 31 heavy (non-hydrogen) atoms. The Bertz CT molecular complexity index is 1070. The van der Waals surface area contributed by atoms with Gasteiger partial charge in [-0.25, -0.2) is 4.39 Å². The molecule has 2 aromatic rings. The number of non-ortho nitro benzene ring substituents is 1. The summed E-state index contributed by atoms with van der Waals surface area (Å²) < 4.78 is 13.9. The molecule has 3 rings (SSSR count). The molecule has 162 valence electrons. The monoisotopic (exact) mass is 431 g/mol. The topological polar surface area (TPSA) is 139 Å². The van der Waals surface area contributed by atoms with Gasteiger partial charge in [0.15, 0.2) is 0 Å². The quantitative estimate of drug-likeness (QED) is 0.567. The van der Waals surface area contributed by atoms with Gasteiger partial charge >= 0.3 is 0 Å². The van der Waals surface area contributed by atoms with E-state index < -0.39 is 32.9 Å². The molecular formula is C19H18FN5O6. The van der Waals surface area contributed by atoms with E-state index in [1.807, 2.05) is 0 Å². The molecule has 2 amide bonds. The van der Waals surface area contributed by atoms with Gasteiger partial charge < -0.3 is 15.1 Å². The van der Waals surface area contributed by atoms with Crippen LogP contribution in [0.1, 0.15) is 17.3 Å². The number of amides is 2. The average molecular weight is 431 g/mol. The summed E-state index contributed by atoms with van der Waals surface area (Å²) in [5.41, 5.74) is -0.951. The predicted molar refractivity (Wildman–Crippen MR) is 109 cm³/mol. The highest BCUT2D eigenvalue weighted by atomic mass is 19.1. The molecule has 1 aliphatic rings. The normalized spacial score (nSPS) is 13.6. The van der Waals surface area contributed by atoms with Gasteiger partial charge in [0.1, 0.15) is 11.5 Å². The number of hydrogen-bond acceptors (Lipinski definition) is 7. The molecule has 0 aliphatic carbocycles. The van der Waals surface area contributed by atoms with Crippen molar-refractivity contribution >= 4 is 34.6 Å². The van der Waals surface area contributed by atoms with E-state index in [0.717, 1.165) is 24.3 Å². The van der Waals surface area contributed by atoms with E-state index in [4.69, 9.17) is 0 Å². The van der Waals surface area contributed by atoms with Crippen LogP contribution in [0.2, 0.25) is 0 Å². The fourth-order valence-corrected chi connectivity index (χ4v) is 3.26. The molecule has 1 heterocycles. The molecule has 11 nitrogen and oxygen atoms in total.